The smallest absolute Gasteiger partial charge is 0.350 e. The average Bonchev–Trinajstić information content (AvgIpc) is 2.95. The summed E-state index contributed by atoms with van der Waals surface area (Å²) < 4.78 is 4.63. The van der Waals surface area contributed by atoms with Crippen LogP contribution in [0.25, 0.3) is 10.9 Å². The molecule has 5 heteroatoms. The van der Waals surface area contributed by atoms with Crippen molar-refractivity contribution in [3.05, 3.63) is 42.1 Å². The standard InChI is InChI=1S/C14H12N2O3/c1-18-14(17)13-8-12(16-19-13)11-7-6-9-4-2-3-5-10(9)15-11/h2-7,13H,8H2,1H3. The topological polar surface area (TPSA) is 60.8 Å². The summed E-state index contributed by atoms with van der Waals surface area (Å²) in [6.07, 6.45) is -0.272. The van der Waals surface area contributed by atoms with Gasteiger partial charge in [0.1, 0.15) is 5.71 Å². The first-order chi connectivity index (χ1) is 9.28. The molecule has 3 rings (SSSR count). The lowest BCUT2D eigenvalue weighted by Gasteiger charge is -2.04. The second-order valence-electron chi connectivity index (χ2n) is 4.25. The van der Waals surface area contributed by atoms with Crippen molar-refractivity contribution in [3.8, 4) is 0 Å². The van der Waals surface area contributed by atoms with Crippen molar-refractivity contribution in [3.63, 3.8) is 0 Å². The largest absolute Gasteiger partial charge is 0.466 e. The number of carbonyl (C=O) groups excluding carboxylic acids is 1. The molecule has 0 spiro atoms. The lowest BCUT2D eigenvalue weighted by atomic mass is 10.1. The van der Waals surface area contributed by atoms with Crippen LogP contribution in [0.3, 0.4) is 0 Å². The zero-order valence-electron chi connectivity index (χ0n) is 10.4. The van der Waals surface area contributed by atoms with Crippen molar-refractivity contribution in [2.75, 3.05) is 7.11 Å². The Balaban J connectivity index is 1.87. The number of carbonyl (C=O) groups is 1. The molecule has 96 valence electrons. The van der Waals surface area contributed by atoms with Crippen LogP contribution in [0.4, 0.5) is 0 Å². The molecule has 2 aromatic rings. The molecule has 1 aliphatic rings. The number of esters is 1. The van der Waals surface area contributed by atoms with Crippen molar-refractivity contribution in [1.82, 2.24) is 4.98 Å². The number of aromatic nitrogens is 1. The Morgan fingerprint density at radius 2 is 2.16 bits per heavy atom. The zero-order chi connectivity index (χ0) is 13.2. The lowest BCUT2D eigenvalue weighted by Crippen LogP contribution is -2.22. The van der Waals surface area contributed by atoms with Gasteiger partial charge in [0.05, 0.1) is 18.3 Å². The Morgan fingerprint density at radius 3 is 3.00 bits per heavy atom. The summed E-state index contributed by atoms with van der Waals surface area (Å²) in [5.74, 6) is -0.417. The Hall–Kier alpha value is -2.43. The van der Waals surface area contributed by atoms with Crippen molar-refractivity contribution >= 4 is 22.6 Å². The van der Waals surface area contributed by atoms with E-state index in [0.29, 0.717) is 12.1 Å². The molecule has 0 bridgehead atoms. The highest BCUT2D eigenvalue weighted by molar-refractivity contribution is 6.03. The van der Waals surface area contributed by atoms with Gasteiger partial charge in [-0.05, 0) is 12.1 Å². The number of methoxy groups -OCH3 is 1. The van der Waals surface area contributed by atoms with Gasteiger partial charge in [0.15, 0.2) is 0 Å². The number of pyridine rings is 1. The minimum atomic E-state index is -0.659. The molecule has 0 N–H and O–H groups in total. The molecule has 1 atom stereocenters. The van der Waals surface area contributed by atoms with Crippen LogP contribution in [0.1, 0.15) is 12.1 Å². The predicted octanol–water partition coefficient (Wildman–Crippen LogP) is 1.90. The number of rotatable bonds is 2. The number of benzene rings is 1. The van der Waals surface area contributed by atoms with Gasteiger partial charge in [-0.15, -0.1) is 0 Å². The van der Waals surface area contributed by atoms with E-state index < -0.39 is 12.1 Å². The summed E-state index contributed by atoms with van der Waals surface area (Å²) >= 11 is 0. The summed E-state index contributed by atoms with van der Waals surface area (Å²) in [4.78, 5) is 20.9. The molecule has 1 aromatic carbocycles. The number of nitrogens with zero attached hydrogens (tertiary/aromatic N) is 2. The van der Waals surface area contributed by atoms with E-state index >= 15 is 0 Å². The van der Waals surface area contributed by atoms with Crippen molar-refractivity contribution in [2.45, 2.75) is 12.5 Å². The molecule has 0 saturated carbocycles. The highest BCUT2D eigenvalue weighted by Crippen LogP contribution is 2.19. The number of hydrogen-bond acceptors (Lipinski definition) is 5. The monoisotopic (exact) mass is 256 g/mol. The maximum Gasteiger partial charge on any atom is 0.350 e. The van der Waals surface area contributed by atoms with Gasteiger partial charge in [-0.3, -0.25) is 0 Å². The fourth-order valence-corrected chi connectivity index (χ4v) is 2.01. The van der Waals surface area contributed by atoms with Crippen molar-refractivity contribution in [2.24, 2.45) is 5.16 Å². The van der Waals surface area contributed by atoms with Gasteiger partial charge in [0.25, 0.3) is 0 Å². The van der Waals surface area contributed by atoms with Crippen molar-refractivity contribution in [1.29, 1.82) is 0 Å². The van der Waals surface area contributed by atoms with Crippen LogP contribution in [-0.4, -0.2) is 29.9 Å². The first-order valence-corrected chi connectivity index (χ1v) is 5.94. The molecule has 19 heavy (non-hydrogen) atoms. The molecular formula is C14H12N2O3. The summed E-state index contributed by atoms with van der Waals surface area (Å²) in [6, 6.07) is 11.7. The van der Waals surface area contributed by atoms with E-state index in [0.717, 1.165) is 16.6 Å². The number of hydrogen-bond donors (Lipinski definition) is 0. The fourth-order valence-electron chi connectivity index (χ4n) is 2.01. The Kier molecular flexibility index (Phi) is 2.87. The molecule has 0 aliphatic carbocycles. The molecule has 1 unspecified atom stereocenters. The maximum atomic E-state index is 11.4. The van der Waals surface area contributed by atoms with Gasteiger partial charge in [-0.1, -0.05) is 29.4 Å². The van der Waals surface area contributed by atoms with Crippen LogP contribution in [0.15, 0.2) is 41.6 Å². The first-order valence-electron chi connectivity index (χ1n) is 5.94. The summed E-state index contributed by atoms with van der Waals surface area (Å²) in [7, 11) is 1.33. The lowest BCUT2D eigenvalue weighted by molar-refractivity contribution is -0.152. The van der Waals surface area contributed by atoms with E-state index in [4.69, 9.17) is 4.84 Å². The zero-order valence-corrected chi connectivity index (χ0v) is 10.4. The van der Waals surface area contributed by atoms with Crippen LogP contribution >= 0.6 is 0 Å². The summed E-state index contributed by atoms with van der Waals surface area (Å²) in [6.45, 7) is 0. The number of fused-ring (bicyclic) bond motifs is 1. The molecule has 0 amide bonds. The summed E-state index contributed by atoms with van der Waals surface area (Å²) in [5, 5.41) is 4.98. The molecular weight excluding hydrogens is 244 g/mol. The van der Waals surface area contributed by atoms with Crippen LogP contribution in [0, 0.1) is 0 Å². The summed E-state index contributed by atoms with van der Waals surface area (Å²) in [5.41, 5.74) is 2.29. The Labute approximate surface area is 109 Å². The van der Waals surface area contributed by atoms with Gasteiger partial charge < -0.3 is 9.57 Å². The maximum absolute atomic E-state index is 11.4. The normalized spacial score (nSPS) is 17.9. The Bertz CT molecular complexity index is 667. The Morgan fingerprint density at radius 1 is 1.32 bits per heavy atom. The SMILES string of the molecule is COC(=O)C1CC(c2ccc3ccccc3n2)=NO1. The van der Waals surface area contributed by atoms with E-state index in [9.17, 15) is 4.79 Å². The van der Waals surface area contributed by atoms with Gasteiger partial charge in [-0.25, -0.2) is 9.78 Å². The van der Waals surface area contributed by atoms with E-state index in [-0.39, 0.29) is 0 Å². The highest BCUT2D eigenvalue weighted by Gasteiger charge is 2.30. The van der Waals surface area contributed by atoms with Crippen LogP contribution in [-0.2, 0) is 14.4 Å². The second-order valence-corrected chi connectivity index (χ2v) is 4.25. The molecule has 2 heterocycles. The second kappa shape index (κ2) is 4.68. The number of para-hydroxylation sites is 1. The van der Waals surface area contributed by atoms with E-state index in [1.807, 2.05) is 36.4 Å². The van der Waals surface area contributed by atoms with Gasteiger partial charge in [0.2, 0.25) is 6.10 Å². The first kappa shape index (κ1) is 11.6. The van der Waals surface area contributed by atoms with E-state index in [1.54, 1.807) is 0 Å². The molecule has 1 aromatic heterocycles. The third kappa shape index (κ3) is 2.14. The third-order valence-corrected chi connectivity index (χ3v) is 3.03. The van der Waals surface area contributed by atoms with Crippen molar-refractivity contribution < 1.29 is 14.4 Å². The fraction of sp³-hybridized carbons (Fsp3) is 0.214. The van der Waals surface area contributed by atoms with E-state index in [1.165, 1.54) is 7.11 Å². The van der Waals surface area contributed by atoms with E-state index in [2.05, 4.69) is 14.9 Å². The molecule has 0 fully saturated rings. The molecule has 5 nitrogen and oxygen atoms in total. The van der Waals surface area contributed by atoms with Gasteiger partial charge in [0, 0.05) is 11.8 Å². The predicted molar refractivity (Wildman–Crippen MR) is 69.8 cm³/mol. The minimum Gasteiger partial charge on any atom is -0.466 e. The van der Waals surface area contributed by atoms with Crippen LogP contribution < -0.4 is 0 Å². The quantitative estimate of drug-likeness (QED) is 0.770. The van der Waals surface area contributed by atoms with Crippen LogP contribution in [0.2, 0.25) is 0 Å². The minimum absolute atomic E-state index is 0.387. The molecule has 1 aliphatic heterocycles. The average molecular weight is 256 g/mol. The highest BCUT2D eigenvalue weighted by atomic mass is 16.7. The van der Waals surface area contributed by atoms with Gasteiger partial charge in [-0.2, -0.15) is 0 Å². The number of oxime groups is 1. The van der Waals surface area contributed by atoms with Crippen LogP contribution in [0.5, 0.6) is 0 Å². The number of ether oxygens (including phenoxy) is 1. The molecule has 0 radical (unpaired) electrons. The third-order valence-electron chi connectivity index (χ3n) is 3.03. The molecule has 0 saturated heterocycles. The van der Waals surface area contributed by atoms with Gasteiger partial charge >= 0.3 is 5.97 Å².